The lowest BCUT2D eigenvalue weighted by atomic mass is 10.2. The lowest BCUT2D eigenvalue weighted by molar-refractivity contribution is -0.118. The quantitative estimate of drug-likeness (QED) is 0.0187. The van der Waals surface area contributed by atoms with Crippen LogP contribution in [0.5, 0.6) is 0 Å². The van der Waals surface area contributed by atoms with Crippen LogP contribution in [0.2, 0.25) is 0 Å². The molecule has 4 aliphatic carbocycles. The van der Waals surface area contributed by atoms with Crippen LogP contribution in [0.15, 0.2) is 94.1 Å². The molecule has 1 aliphatic heterocycles. The number of ether oxygens (including phenoxy) is 2. The van der Waals surface area contributed by atoms with Crippen LogP contribution in [-0.2, 0) is 37.4 Å². The summed E-state index contributed by atoms with van der Waals surface area (Å²) in [6.45, 7) is 14.9. The Morgan fingerprint density at radius 2 is 0.983 bits per heavy atom. The van der Waals surface area contributed by atoms with Gasteiger partial charge in [-0.25, -0.2) is 57.6 Å². The lowest BCUT2D eigenvalue weighted by Crippen LogP contribution is -2.40. The van der Waals surface area contributed by atoms with Gasteiger partial charge < -0.3 is 57.3 Å². The smallest absolute Gasteiger partial charge is 0.407 e. The number of rotatable bonds is 25. The highest BCUT2D eigenvalue weighted by Crippen LogP contribution is 2.43. The van der Waals surface area contributed by atoms with Gasteiger partial charge in [0.1, 0.15) is 21.2 Å². The highest BCUT2D eigenvalue weighted by molar-refractivity contribution is 9.10. The van der Waals surface area contributed by atoms with Crippen molar-refractivity contribution in [3.63, 3.8) is 0 Å². The molecule has 16 rings (SSSR count). The Morgan fingerprint density at radius 3 is 1.44 bits per heavy atom. The molecule has 628 valence electrons. The zero-order valence-electron chi connectivity index (χ0n) is 64.6. The first kappa shape index (κ1) is 82.3. The van der Waals surface area contributed by atoms with Gasteiger partial charge in [0.15, 0.2) is 58.2 Å². The molecule has 33 nitrogen and oxygen atoms in total. The molecule has 1 atom stereocenters. The predicted octanol–water partition coefficient (Wildman–Crippen LogP) is 16.4. The first-order chi connectivity index (χ1) is 55.7. The van der Waals surface area contributed by atoms with E-state index in [0.29, 0.717) is 139 Å². The van der Waals surface area contributed by atoms with Crippen LogP contribution in [0.3, 0.4) is 0 Å². The van der Waals surface area contributed by atoms with Crippen LogP contribution in [0.1, 0.15) is 198 Å². The Hall–Kier alpha value is -11.7. The van der Waals surface area contributed by atoms with Crippen molar-refractivity contribution in [3.8, 4) is 69.1 Å². The number of aromatic amines is 4. The van der Waals surface area contributed by atoms with Crippen LogP contribution in [0.25, 0.3) is 32.1 Å². The van der Waals surface area contributed by atoms with Crippen LogP contribution < -0.4 is 52.6 Å². The molecule has 0 spiro atoms. The molecule has 5 aliphatic rings. The number of carbonyl (C=O) groups is 3. The van der Waals surface area contributed by atoms with Crippen LogP contribution in [-0.4, -0.2) is 151 Å². The summed E-state index contributed by atoms with van der Waals surface area (Å²) in [6.07, 6.45) is 32.8. The molecular formula is C78H113BrN26O7S4. The maximum absolute atomic E-state index is 12.5. The van der Waals surface area contributed by atoms with Gasteiger partial charge in [-0.2, -0.15) is 25.4 Å². The van der Waals surface area contributed by atoms with E-state index in [9.17, 15) is 22.8 Å². The van der Waals surface area contributed by atoms with Gasteiger partial charge in [-0.1, -0.05) is 17.8 Å². The first-order valence-electron chi connectivity index (χ1n) is 37.5. The van der Waals surface area contributed by atoms with Crippen molar-refractivity contribution in [2.45, 2.75) is 164 Å². The summed E-state index contributed by atoms with van der Waals surface area (Å²) < 4.78 is 38.8. The molecule has 5 fully saturated rings. The van der Waals surface area contributed by atoms with Gasteiger partial charge in [-0.15, -0.1) is 53.3 Å². The van der Waals surface area contributed by atoms with Crippen molar-refractivity contribution in [2.75, 3.05) is 52.3 Å². The van der Waals surface area contributed by atoms with Crippen molar-refractivity contribution < 1.29 is 50.8 Å². The average molecular weight is 1740 g/mol. The van der Waals surface area contributed by atoms with Gasteiger partial charge in [0.05, 0.1) is 54.6 Å². The summed E-state index contributed by atoms with van der Waals surface area (Å²) in [5, 5.41) is 50.4. The van der Waals surface area contributed by atoms with E-state index in [1.54, 1.807) is 42.2 Å². The Balaban J connectivity index is 0.00000164. The van der Waals surface area contributed by atoms with E-state index < -0.39 is 33.4 Å². The summed E-state index contributed by atoms with van der Waals surface area (Å²) in [6, 6.07) is 18.9. The summed E-state index contributed by atoms with van der Waals surface area (Å²) in [5.41, 5.74) is 10.8. The third-order valence-corrected chi connectivity index (χ3v) is 23.6. The number of aromatic nitrogens is 16. The second-order valence-corrected chi connectivity index (χ2v) is 36.0. The number of terminal acetylenes is 3. The highest BCUT2D eigenvalue weighted by atomic mass is 79.9. The molecule has 1 saturated heterocycles. The third-order valence-electron chi connectivity index (χ3n) is 17.8. The second kappa shape index (κ2) is 36.4. The number of sulfonamides is 1. The lowest BCUT2D eigenvalue weighted by Gasteiger charge is -2.22. The Kier molecular flexibility index (Phi) is 25.8. The molecule has 12 heterocycles. The average Bonchev–Trinajstić information content (AvgIpc) is 1.68. The largest absolute Gasteiger partial charge is 0.444 e. The van der Waals surface area contributed by atoms with Crippen LogP contribution in [0, 0.1) is 37.0 Å². The molecule has 4 saturated carbocycles. The topological polar surface area (TPSA) is 447 Å². The third kappa shape index (κ3) is 23.1. The standard InChI is InChI=1S/C22H24N6O2S.C21H27N7O2.C18H20BrN7O3S2.C17H16N6S.13H2/c1-5-13-11-23-20(26-19(13)25-18-10-16(27-28-18)14-6-7-14)17-9-8-15(31-17)12-24-21(29)30-22(2,3)4;1-5-13-11-22-19(25-18(13)24-17-10-16(26-27-17)14-6-7-14)28-9-8-15(12-28)23-20(29)30-21(2,3)4;1-10(27)20-6-7-22-31(28,29)16-5-4-14(30-16)18-21-9-12(19)17(24-18)23-15-8-13(25-26-15)11-2-3-11;1-2-10-9-19-17(14-6-5-12(8-18)24-14)21-16(10)20-15-7-13(22-23-15)11-3-4-11;;;;;;;;;;;;;/h1,8-11,14H,6-7,12H2,2-4H3,(H,24,29)(H2,23,25,26,27,28);1,10-11,14-15H,6-9,12H2,2-4H3,(H,23,29)(H2,22,24,25,26,27);4-5,8-9,11,22H,2-3,6-7H2,1H3,(H,20,27)(H2,21,23,24,25,26);1,5-7,9,11H,3-4,8,18H2,(H2,19,20,21,22,23);13*1H/t;15-;;;;;;;;;;;;;;;/m.0.............../s1. The van der Waals surface area contributed by atoms with E-state index in [2.05, 4.69) is 156 Å². The normalized spacial score (nSPS) is 15.0. The number of nitrogens with zero attached hydrogens (tertiary/aromatic N) is 13. The molecular weight excluding hydrogens is 1620 g/mol. The van der Waals surface area contributed by atoms with Crippen LogP contribution >= 0.6 is 49.9 Å². The second-order valence-electron chi connectivity index (χ2n) is 29.8. The number of H-pyrrole nitrogens is 4. The summed E-state index contributed by atoms with van der Waals surface area (Å²) in [5.74, 6) is 17.0. The molecule has 11 aromatic rings. The van der Waals surface area contributed by atoms with E-state index in [4.69, 9.17) is 34.5 Å². The molecule has 0 radical (unpaired) electrons. The molecule has 11 aromatic heterocycles. The first-order valence-corrected chi connectivity index (χ1v) is 42.2. The molecule has 116 heavy (non-hydrogen) atoms. The van der Waals surface area contributed by atoms with Gasteiger partial charge in [0, 0.05) is 157 Å². The molecule has 38 heteroatoms. The van der Waals surface area contributed by atoms with E-state index in [0.717, 1.165) is 66.6 Å². The van der Waals surface area contributed by atoms with Crippen molar-refractivity contribution >= 4 is 131 Å². The SMILES string of the molecule is C#Cc1cnc(-c2ccc(CN)s2)nc1Nc1cc(C2CC2)[nH]n1.C#Cc1cnc(-c2ccc(CNC(=O)OC(C)(C)C)s2)nc1Nc1cc(C2CC2)[nH]n1.C#Cc1cnc(N2CC[C@H](NC(=O)OC(C)(C)C)C2)nc1Nc1cc(C2CC2)[nH]n1.CC(=O)NCCNS(=O)(=O)c1ccc(-c2ncc(Br)c(Nc3cc(C4CC4)[nH]n3)n2)s1.[HH].[HH].[HH].[HH].[HH].[HH].[HH].[HH].[HH].[HH].[HH].[HH].[HH]. The van der Waals surface area contributed by atoms with Crippen molar-refractivity contribution in [2.24, 2.45) is 5.73 Å². The van der Waals surface area contributed by atoms with E-state index >= 15 is 0 Å². The number of halogens is 1. The van der Waals surface area contributed by atoms with Gasteiger partial charge >= 0.3 is 12.2 Å². The Morgan fingerprint density at radius 1 is 0.560 bits per heavy atom. The number of hydrogen-bond donors (Lipinski definition) is 13. The minimum absolute atomic E-state index is 0. The fraction of sp³-hybridized carbons (Fsp3) is 0.372. The van der Waals surface area contributed by atoms with Crippen molar-refractivity contribution in [1.82, 2.24) is 101 Å². The van der Waals surface area contributed by atoms with Crippen LogP contribution in [0.4, 0.5) is 62.1 Å². The van der Waals surface area contributed by atoms with Gasteiger partial charge in [-0.05, 0) is 152 Å². The van der Waals surface area contributed by atoms with Gasteiger partial charge in [-0.3, -0.25) is 25.2 Å². The number of hydrogen-bond acceptors (Lipinski definition) is 28. The zero-order chi connectivity index (χ0) is 81.8. The minimum atomic E-state index is -3.69. The number of alkyl carbamates (subject to hydrolysis) is 2. The number of thiophene rings is 3. The maximum Gasteiger partial charge on any atom is 0.407 e. The molecule has 14 N–H and O–H groups in total. The maximum atomic E-state index is 12.5. The zero-order valence-corrected chi connectivity index (χ0v) is 69.4. The monoisotopic (exact) mass is 1730 g/mol. The summed E-state index contributed by atoms with van der Waals surface area (Å²) in [4.78, 5) is 77.1. The number of amides is 3. The van der Waals surface area contributed by atoms with Crippen molar-refractivity contribution in [1.29, 1.82) is 0 Å². The highest BCUT2D eigenvalue weighted by Gasteiger charge is 2.32. The summed E-state index contributed by atoms with van der Waals surface area (Å²) in [7, 11) is -3.69. The fourth-order valence-corrected chi connectivity index (χ4v) is 15.8. The Bertz CT molecular complexity index is 5640. The molecule has 3 amide bonds. The molecule has 0 bridgehead atoms. The predicted molar refractivity (Wildman–Crippen MR) is 477 cm³/mol. The fourth-order valence-electron chi connectivity index (χ4n) is 11.5. The Labute approximate surface area is 709 Å². The van der Waals surface area contributed by atoms with Gasteiger partial charge in [0.2, 0.25) is 21.9 Å². The summed E-state index contributed by atoms with van der Waals surface area (Å²) >= 11 is 7.57. The number of nitrogens with two attached hydrogens (primary N) is 1. The minimum Gasteiger partial charge on any atom is -0.444 e. The molecule has 0 unspecified atom stereocenters. The van der Waals surface area contributed by atoms with E-state index in [1.165, 1.54) is 75.7 Å². The van der Waals surface area contributed by atoms with Gasteiger partial charge in [0.25, 0.3) is 0 Å². The number of anilines is 9. The van der Waals surface area contributed by atoms with E-state index in [-0.39, 0.29) is 47.8 Å². The van der Waals surface area contributed by atoms with E-state index in [1.807, 2.05) is 95.0 Å². The van der Waals surface area contributed by atoms with Crippen molar-refractivity contribution in [3.05, 3.63) is 139 Å². The molecule has 0 aromatic carbocycles. The number of carbonyl (C=O) groups excluding carboxylic acids is 3. The number of nitrogens with one attached hydrogen (secondary N) is 12.